The maximum absolute atomic E-state index is 12.2. The number of ether oxygens (including phenoxy) is 2. The van der Waals surface area contributed by atoms with E-state index < -0.39 is 0 Å². The number of amides is 1. The third-order valence-electron chi connectivity index (χ3n) is 2.79. The number of hydrogen-bond donors (Lipinski definition) is 1. The van der Waals surface area contributed by atoms with E-state index >= 15 is 0 Å². The van der Waals surface area contributed by atoms with Crippen LogP contribution in [0, 0.1) is 0 Å². The molecule has 2 aromatic rings. The van der Waals surface area contributed by atoms with Gasteiger partial charge < -0.3 is 14.8 Å². The van der Waals surface area contributed by atoms with Gasteiger partial charge in [-0.1, -0.05) is 11.6 Å². The van der Waals surface area contributed by atoms with Crippen molar-refractivity contribution in [3.05, 3.63) is 47.2 Å². The number of aromatic nitrogens is 1. The second-order valence-corrected chi connectivity index (χ2v) is 4.74. The lowest BCUT2D eigenvalue weighted by Gasteiger charge is -2.13. The molecule has 22 heavy (non-hydrogen) atoms. The standard InChI is InChI=1S/C16H17ClN2O3/c1-3-21-13-6-5-12(10-14(13)22-4-2)19-16(20)11-7-8-18-15(17)9-11/h5-10H,3-4H2,1-2H3,(H,19,20). The van der Waals surface area contributed by atoms with Gasteiger partial charge in [0.25, 0.3) is 5.91 Å². The number of carbonyl (C=O) groups is 1. The van der Waals surface area contributed by atoms with Gasteiger partial charge in [0.05, 0.1) is 13.2 Å². The number of benzene rings is 1. The first-order valence-electron chi connectivity index (χ1n) is 6.96. The summed E-state index contributed by atoms with van der Waals surface area (Å²) >= 11 is 5.79. The zero-order valence-corrected chi connectivity index (χ0v) is 13.2. The minimum atomic E-state index is -0.268. The van der Waals surface area contributed by atoms with Crippen LogP contribution in [0.1, 0.15) is 24.2 Å². The van der Waals surface area contributed by atoms with Crippen molar-refractivity contribution in [1.29, 1.82) is 0 Å². The van der Waals surface area contributed by atoms with Crippen LogP contribution in [-0.2, 0) is 0 Å². The molecule has 6 heteroatoms. The van der Waals surface area contributed by atoms with Crippen LogP contribution in [0.25, 0.3) is 0 Å². The van der Waals surface area contributed by atoms with Gasteiger partial charge in [0, 0.05) is 23.5 Å². The molecule has 0 atom stereocenters. The van der Waals surface area contributed by atoms with Crippen molar-refractivity contribution in [1.82, 2.24) is 4.98 Å². The Kier molecular flexibility index (Phi) is 5.61. The summed E-state index contributed by atoms with van der Waals surface area (Å²) in [6, 6.07) is 8.36. The fourth-order valence-corrected chi connectivity index (χ4v) is 2.05. The first-order chi connectivity index (χ1) is 10.6. The maximum atomic E-state index is 12.2. The number of carbonyl (C=O) groups excluding carboxylic acids is 1. The molecular weight excluding hydrogens is 304 g/mol. The van der Waals surface area contributed by atoms with Gasteiger partial charge in [-0.05, 0) is 38.1 Å². The van der Waals surface area contributed by atoms with Crippen LogP contribution in [-0.4, -0.2) is 24.1 Å². The van der Waals surface area contributed by atoms with E-state index in [2.05, 4.69) is 10.3 Å². The van der Waals surface area contributed by atoms with E-state index in [1.54, 1.807) is 24.3 Å². The first-order valence-corrected chi connectivity index (χ1v) is 7.34. The van der Waals surface area contributed by atoms with Crippen molar-refractivity contribution in [2.75, 3.05) is 18.5 Å². The molecule has 1 heterocycles. The summed E-state index contributed by atoms with van der Waals surface area (Å²) in [6.45, 7) is 4.84. The van der Waals surface area contributed by atoms with Crippen molar-refractivity contribution >= 4 is 23.2 Å². The predicted molar refractivity (Wildman–Crippen MR) is 86.0 cm³/mol. The molecule has 0 spiro atoms. The summed E-state index contributed by atoms with van der Waals surface area (Å²) in [5.41, 5.74) is 1.05. The van der Waals surface area contributed by atoms with Gasteiger partial charge >= 0.3 is 0 Å². The summed E-state index contributed by atoms with van der Waals surface area (Å²) in [7, 11) is 0. The molecule has 1 N–H and O–H groups in total. The second-order valence-electron chi connectivity index (χ2n) is 4.35. The first kappa shape index (κ1) is 16.1. The normalized spacial score (nSPS) is 10.1. The van der Waals surface area contributed by atoms with E-state index in [0.717, 1.165) is 0 Å². The Morgan fingerprint density at radius 2 is 1.86 bits per heavy atom. The highest BCUT2D eigenvalue weighted by Crippen LogP contribution is 2.30. The molecule has 116 valence electrons. The van der Waals surface area contributed by atoms with Gasteiger partial charge in [-0.3, -0.25) is 4.79 Å². The predicted octanol–water partition coefficient (Wildman–Crippen LogP) is 3.78. The molecule has 0 unspecified atom stereocenters. The minimum Gasteiger partial charge on any atom is -0.490 e. The van der Waals surface area contributed by atoms with Crippen LogP contribution in [0.3, 0.4) is 0 Å². The topological polar surface area (TPSA) is 60.5 Å². The van der Waals surface area contributed by atoms with Gasteiger partial charge in [-0.25, -0.2) is 4.98 Å². The van der Waals surface area contributed by atoms with Crippen molar-refractivity contribution in [2.24, 2.45) is 0 Å². The molecule has 0 fully saturated rings. The van der Waals surface area contributed by atoms with Gasteiger partial charge in [-0.2, -0.15) is 0 Å². The van der Waals surface area contributed by atoms with E-state index in [1.807, 2.05) is 13.8 Å². The largest absolute Gasteiger partial charge is 0.490 e. The molecule has 0 saturated carbocycles. The fraction of sp³-hybridized carbons (Fsp3) is 0.250. The molecule has 5 nitrogen and oxygen atoms in total. The summed E-state index contributed by atoms with van der Waals surface area (Å²) in [6.07, 6.45) is 1.49. The van der Waals surface area contributed by atoms with Crippen molar-refractivity contribution in [3.63, 3.8) is 0 Å². The number of nitrogens with zero attached hydrogens (tertiary/aromatic N) is 1. The molecule has 0 aliphatic rings. The average Bonchev–Trinajstić information content (AvgIpc) is 2.50. The summed E-state index contributed by atoms with van der Waals surface area (Å²) in [5.74, 6) is 0.972. The Hall–Kier alpha value is -2.27. The number of hydrogen-bond acceptors (Lipinski definition) is 4. The Labute approximate surface area is 134 Å². The zero-order chi connectivity index (χ0) is 15.9. The molecule has 1 aromatic heterocycles. The van der Waals surface area contributed by atoms with Gasteiger partial charge in [0.2, 0.25) is 0 Å². The van der Waals surface area contributed by atoms with Gasteiger partial charge in [-0.15, -0.1) is 0 Å². The number of nitrogens with one attached hydrogen (secondary N) is 1. The van der Waals surface area contributed by atoms with Crippen molar-refractivity contribution in [3.8, 4) is 11.5 Å². The smallest absolute Gasteiger partial charge is 0.255 e. The molecule has 0 aliphatic heterocycles. The molecule has 2 rings (SSSR count). The Bertz CT molecular complexity index is 662. The van der Waals surface area contributed by atoms with E-state index in [1.165, 1.54) is 12.3 Å². The third kappa shape index (κ3) is 4.11. The lowest BCUT2D eigenvalue weighted by atomic mass is 10.2. The van der Waals surface area contributed by atoms with Crippen LogP contribution >= 0.6 is 11.6 Å². The van der Waals surface area contributed by atoms with Crippen molar-refractivity contribution < 1.29 is 14.3 Å². The fourth-order valence-electron chi connectivity index (χ4n) is 1.88. The third-order valence-corrected chi connectivity index (χ3v) is 3.00. The quantitative estimate of drug-likeness (QED) is 0.823. The number of pyridine rings is 1. The highest BCUT2D eigenvalue weighted by molar-refractivity contribution is 6.29. The Balaban J connectivity index is 2.18. The van der Waals surface area contributed by atoms with Crippen LogP contribution in [0.2, 0.25) is 5.15 Å². The molecule has 1 amide bonds. The Morgan fingerprint density at radius 3 is 2.55 bits per heavy atom. The SMILES string of the molecule is CCOc1ccc(NC(=O)c2ccnc(Cl)c2)cc1OCC. The average molecular weight is 321 g/mol. The van der Waals surface area contributed by atoms with Crippen molar-refractivity contribution in [2.45, 2.75) is 13.8 Å². The van der Waals surface area contributed by atoms with E-state index in [4.69, 9.17) is 21.1 Å². The molecule has 0 aliphatic carbocycles. The molecular formula is C16H17ClN2O3. The number of rotatable bonds is 6. The zero-order valence-electron chi connectivity index (χ0n) is 12.4. The summed E-state index contributed by atoms with van der Waals surface area (Å²) in [5, 5.41) is 3.07. The van der Waals surface area contributed by atoms with Gasteiger partial charge in [0.1, 0.15) is 5.15 Å². The van der Waals surface area contributed by atoms with Crippen LogP contribution in [0.4, 0.5) is 5.69 Å². The molecule has 0 radical (unpaired) electrons. The van der Waals surface area contributed by atoms with Gasteiger partial charge in [0.15, 0.2) is 11.5 Å². The highest BCUT2D eigenvalue weighted by Gasteiger charge is 2.10. The van der Waals surface area contributed by atoms with E-state index in [-0.39, 0.29) is 11.1 Å². The summed E-state index contributed by atoms with van der Waals surface area (Å²) < 4.78 is 11.0. The van der Waals surface area contributed by atoms with Crippen LogP contribution in [0.5, 0.6) is 11.5 Å². The summed E-state index contributed by atoms with van der Waals surface area (Å²) in [4.78, 5) is 16.0. The molecule has 0 bridgehead atoms. The lowest BCUT2D eigenvalue weighted by molar-refractivity contribution is 0.102. The number of halogens is 1. The van der Waals surface area contributed by atoms with Crippen LogP contribution in [0.15, 0.2) is 36.5 Å². The monoisotopic (exact) mass is 320 g/mol. The van der Waals surface area contributed by atoms with Crippen LogP contribution < -0.4 is 14.8 Å². The lowest BCUT2D eigenvalue weighted by Crippen LogP contribution is -2.12. The molecule has 1 aromatic carbocycles. The highest BCUT2D eigenvalue weighted by atomic mass is 35.5. The minimum absolute atomic E-state index is 0.268. The Morgan fingerprint density at radius 1 is 1.14 bits per heavy atom. The molecule has 0 saturated heterocycles. The van der Waals surface area contributed by atoms with E-state index in [9.17, 15) is 4.79 Å². The second kappa shape index (κ2) is 7.66. The number of anilines is 1. The van der Waals surface area contributed by atoms with E-state index in [0.29, 0.717) is 36.0 Å². The maximum Gasteiger partial charge on any atom is 0.255 e.